The Morgan fingerprint density at radius 1 is 1.27 bits per heavy atom. The van der Waals surface area contributed by atoms with Gasteiger partial charge in [-0.25, -0.2) is 0 Å². The molecule has 0 spiro atoms. The third kappa shape index (κ3) is 4.62. The Hall–Kier alpha value is -1.92. The second kappa shape index (κ2) is 7.76. The van der Waals surface area contributed by atoms with Crippen LogP contribution in [0.2, 0.25) is 0 Å². The summed E-state index contributed by atoms with van der Waals surface area (Å²) < 4.78 is 5.55. The van der Waals surface area contributed by atoms with Crippen LogP contribution in [0.3, 0.4) is 0 Å². The molecule has 1 amide bonds. The van der Waals surface area contributed by atoms with E-state index in [4.69, 9.17) is 4.74 Å². The van der Waals surface area contributed by atoms with E-state index in [-0.39, 0.29) is 24.0 Å². The molecule has 6 nitrogen and oxygen atoms in total. The predicted octanol–water partition coefficient (Wildman–Crippen LogP) is 2.94. The molecule has 6 heteroatoms. The van der Waals surface area contributed by atoms with E-state index in [9.17, 15) is 14.7 Å². The number of esters is 1. The van der Waals surface area contributed by atoms with Gasteiger partial charge in [-0.1, -0.05) is 19.9 Å². The molecule has 2 rings (SSSR count). The van der Waals surface area contributed by atoms with Gasteiger partial charge in [0.2, 0.25) is 5.91 Å². The second-order valence-electron chi connectivity index (χ2n) is 8.24. The van der Waals surface area contributed by atoms with Gasteiger partial charge in [0.05, 0.1) is 17.2 Å². The van der Waals surface area contributed by atoms with Gasteiger partial charge in [0.15, 0.2) is 5.75 Å². The molecular weight excluding hydrogens is 332 g/mol. The Bertz CT molecular complexity index is 692. The van der Waals surface area contributed by atoms with Crippen LogP contribution in [0.5, 0.6) is 5.75 Å². The van der Waals surface area contributed by atoms with Crippen LogP contribution in [0.4, 0.5) is 5.69 Å². The number of anilines is 1. The van der Waals surface area contributed by atoms with Crippen LogP contribution >= 0.6 is 0 Å². The predicted molar refractivity (Wildman–Crippen MR) is 101 cm³/mol. The Kier molecular flexibility index (Phi) is 6.09. The van der Waals surface area contributed by atoms with Crippen molar-refractivity contribution in [1.82, 2.24) is 5.32 Å². The first-order valence-corrected chi connectivity index (χ1v) is 9.10. The SMILES string of the molecule is CC(=O)Nc1c(OC(=O)C(C)(C)C)ccc2c1CCC(NC(C)C)C2O. The zero-order valence-electron chi connectivity index (χ0n) is 16.5. The van der Waals surface area contributed by atoms with Gasteiger partial charge in [0.1, 0.15) is 0 Å². The summed E-state index contributed by atoms with van der Waals surface area (Å²) in [4.78, 5) is 24.0. The van der Waals surface area contributed by atoms with Crippen LogP contribution in [-0.4, -0.2) is 29.1 Å². The van der Waals surface area contributed by atoms with E-state index in [0.717, 1.165) is 17.5 Å². The van der Waals surface area contributed by atoms with Crippen molar-refractivity contribution < 1.29 is 19.4 Å². The molecule has 0 saturated carbocycles. The number of benzene rings is 1. The average molecular weight is 362 g/mol. The zero-order chi connectivity index (χ0) is 19.6. The average Bonchev–Trinajstić information content (AvgIpc) is 2.50. The number of fused-ring (bicyclic) bond motifs is 1. The zero-order valence-corrected chi connectivity index (χ0v) is 16.5. The first kappa shape index (κ1) is 20.4. The topological polar surface area (TPSA) is 87.7 Å². The fourth-order valence-electron chi connectivity index (χ4n) is 3.12. The fourth-order valence-corrected chi connectivity index (χ4v) is 3.12. The molecule has 1 aromatic rings. The van der Waals surface area contributed by atoms with Gasteiger partial charge in [0.25, 0.3) is 0 Å². The molecule has 0 radical (unpaired) electrons. The maximum atomic E-state index is 12.3. The third-order valence-corrected chi connectivity index (χ3v) is 4.38. The van der Waals surface area contributed by atoms with Crippen molar-refractivity contribution in [3.63, 3.8) is 0 Å². The lowest BCUT2D eigenvalue weighted by Gasteiger charge is -2.34. The van der Waals surface area contributed by atoms with E-state index < -0.39 is 11.5 Å². The second-order valence-corrected chi connectivity index (χ2v) is 8.24. The quantitative estimate of drug-likeness (QED) is 0.566. The molecule has 1 aliphatic rings. The van der Waals surface area contributed by atoms with Gasteiger partial charge in [0, 0.05) is 19.0 Å². The molecule has 0 heterocycles. The van der Waals surface area contributed by atoms with Crippen molar-refractivity contribution in [1.29, 1.82) is 0 Å². The highest BCUT2D eigenvalue weighted by atomic mass is 16.5. The molecule has 144 valence electrons. The highest BCUT2D eigenvalue weighted by molar-refractivity contribution is 5.93. The van der Waals surface area contributed by atoms with Gasteiger partial charge in [-0.2, -0.15) is 0 Å². The van der Waals surface area contributed by atoms with E-state index in [0.29, 0.717) is 17.9 Å². The summed E-state index contributed by atoms with van der Waals surface area (Å²) in [5.41, 5.74) is 1.41. The minimum Gasteiger partial charge on any atom is -0.424 e. The summed E-state index contributed by atoms with van der Waals surface area (Å²) in [6.07, 6.45) is 0.726. The van der Waals surface area contributed by atoms with Crippen LogP contribution in [0.15, 0.2) is 12.1 Å². The van der Waals surface area contributed by atoms with Gasteiger partial charge in [-0.3, -0.25) is 9.59 Å². The highest BCUT2D eigenvalue weighted by Gasteiger charge is 2.32. The number of aliphatic hydroxyl groups excluding tert-OH is 1. The third-order valence-electron chi connectivity index (χ3n) is 4.38. The number of rotatable bonds is 4. The number of aliphatic hydroxyl groups is 1. The molecule has 0 aromatic heterocycles. The summed E-state index contributed by atoms with van der Waals surface area (Å²) in [5.74, 6) is -0.301. The Morgan fingerprint density at radius 3 is 2.46 bits per heavy atom. The van der Waals surface area contributed by atoms with Crippen molar-refractivity contribution in [2.75, 3.05) is 5.32 Å². The Labute approximate surface area is 155 Å². The van der Waals surface area contributed by atoms with Crippen molar-refractivity contribution in [2.24, 2.45) is 5.41 Å². The maximum Gasteiger partial charge on any atom is 0.316 e. The van der Waals surface area contributed by atoms with Crippen molar-refractivity contribution in [2.45, 2.75) is 72.6 Å². The first-order valence-electron chi connectivity index (χ1n) is 9.10. The number of hydrogen-bond acceptors (Lipinski definition) is 5. The van der Waals surface area contributed by atoms with E-state index >= 15 is 0 Å². The minimum atomic E-state index is -0.680. The number of hydrogen-bond donors (Lipinski definition) is 3. The van der Waals surface area contributed by atoms with Gasteiger partial charge in [-0.15, -0.1) is 0 Å². The molecular formula is C20H30N2O4. The molecule has 0 bridgehead atoms. The van der Waals surface area contributed by atoms with Crippen LogP contribution in [0.25, 0.3) is 0 Å². The van der Waals surface area contributed by atoms with Gasteiger partial charge >= 0.3 is 5.97 Å². The molecule has 2 unspecified atom stereocenters. The summed E-state index contributed by atoms with van der Waals surface area (Å²) in [6.45, 7) is 10.8. The number of carbonyl (C=O) groups excluding carboxylic acids is 2. The van der Waals surface area contributed by atoms with Crippen molar-refractivity contribution >= 4 is 17.6 Å². The number of nitrogens with one attached hydrogen (secondary N) is 2. The summed E-state index contributed by atoms with van der Waals surface area (Å²) >= 11 is 0. The first-order chi connectivity index (χ1) is 12.0. The molecule has 1 aromatic carbocycles. The monoisotopic (exact) mass is 362 g/mol. The Balaban J connectivity index is 2.42. The van der Waals surface area contributed by atoms with E-state index in [2.05, 4.69) is 10.6 Å². The van der Waals surface area contributed by atoms with Gasteiger partial charge in [-0.05, 0) is 50.8 Å². The molecule has 26 heavy (non-hydrogen) atoms. The van der Waals surface area contributed by atoms with E-state index in [1.807, 2.05) is 13.8 Å². The molecule has 2 atom stereocenters. The molecule has 0 saturated heterocycles. The van der Waals surface area contributed by atoms with Crippen LogP contribution < -0.4 is 15.4 Å². The number of ether oxygens (including phenoxy) is 1. The van der Waals surface area contributed by atoms with E-state index in [1.165, 1.54) is 6.92 Å². The van der Waals surface area contributed by atoms with Crippen molar-refractivity contribution in [3.8, 4) is 5.75 Å². The summed E-state index contributed by atoms with van der Waals surface area (Å²) in [5, 5.41) is 16.9. The summed E-state index contributed by atoms with van der Waals surface area (Å²) in [7, 11) is 0. The lowest BCUT2D eigenvalue weighted by Crippen LogP contribution is -2.42. The lowest BCUT2D eigenvalue weighted by atomic mass is 9.84. The summed E-state index contributed by atoms with van der Waals surface area (Å²) in [6, 6.07) is 3.65. The number of amides is 1. The molecule has 1 aliphatic carbocycles. The van der Waals surface area contributed by atoms with E-state index in [1.54, 1.807) is 32.9 Å². The largest absolute Gasteiger partial charge is 0.424 e. The minimum absolute atomic E-state index is 0.0457. The fraction of sp³-hybridized carbons (Fsp3) is 0.600. The number of carbonyl (C=O) groups is 2. The van der Waals surface area contributed by atoms with Crippen LogP contribution in [0, 0.1) is 5.41 Å². The highest BCUT2D eigenvalue weighted by Crippen LogP contribution is 2.40. The standard InChI is InChI=1S/C20H30N2O4/c1-11(2)21-15-9-7-13-14(18(15)24)8-10-16(17(13)22-12(3)23)26-19(25)20(4,5)6/h8,10-11,15,18,21,24H,7,9H2,1-6H3,(H,22,23). The van der Waals surface area contributed by atoms with Gasteiger partial charge < -0.3 is 20.5 Å². The Morgan fingerprint density at radius 2 is 1.92 bits per heavy atom. The lowest BCUT2D eigenvalue weighted by molar-refractivity contribution is -0.143. The maximum absolute atomic E-state index is 12.3. The van der Waals surface area contributed by atoms with Crippen LogP contribution in [-0.2, 0) is 16.0 Å². The normalized spacial score (nSPS) is 19.8. The molecule has 3 N–H and O–H groups in total. The smallest absolute Gasteiger partial charge is 0.316 e. The molecule has 0 aliphatic heterocycles. The molecule has 0 fully saturated rings. The van der Waals surface area contributed by atoms with Crippen molar-refractivity contribution in [3.05, 3.63) is 23.3 Å². The van der Waals surface area contributed by atoms with Crippen LogP contribution in [0.1, 0.15) is 65.2 Å².